The Hall–Kier alpha value is -2.49. The number of nitriles is 1. The predicted molar refractivity (Wildman–Crippen MR) is 84.5 cm³/mol. The number of ketones is 2. The Morgan fingerprint density at radius 3 is 2.21 bits per heavy atom. The average Bonchev–Trinajstić information content (AvgIpc) is 2.54. The van der Waals surface area contributed by atoms with Crippen molar-refractivity contribution < 1.29 is 28.7 Å². The summed E-state index contributed by atoms with van der Waals surface area (Å²) in [7, 11) is 0. The Morgan fingerprint density at radius 2 is 1.75 bits per heavy atom. The van der Waals surface area contributed by atoms with Gasteiger partial charge in [-0.2, -0.15) is 5.26 Å². The van der Waals surface area contributed by atoms with Gasteiger partial charge >= 0.3 is 11.9 Å². The summed E-state index contributed by atoms with van der Waals surface area (Å²) in [6, 6.07) is 1.82. The summed E-state index contributed by atoms with van der Waals surface area (Å²) >= 11 is 0. The van der Waals surface area contributed by atoms with E-state index in [0.29, 0.717) is 0 Å². The van der Waals surface area contributed by atoms with E-state index in [-0.39, 0.29) is 31.8 Å². The Morgan fingerprint density at radius 1 is 1.17 bits per heavy atom. The third-order valence-electron chi connectivity index (χ3n) is 3.33. The highest BCUT2D eigenvalue weighted by molar-refractivity contribution is 5.99. The van der Waals surface area contributed by atoms with Crippen molar-refractivity contribution in [3.8, 4) is 6.07 Å². The van der Waals surface area contributed by atoms with Crippen LogP contribution in [0.4, 0.5) is 0 Å². The van der Waals surface area contributed by atoms with Crippen LogP contribution in [0, 0.1) is 22.7 Å². The molecule has 0 amide bonds. The van der Waals surface area contributed by atoms with Crippen molar-refractivity contribution in [3.63, 3.8) is 0 Å². The molecule has 0 aromatic rings. The number of hydrogen-bond donors (Lipinski definition) is 0. The van der Waals surface area contributed by atoms with Crippen molar-refractivity contribution in [1.29, 1.82) is 5.26 Å². The largest absolute Gasteiger partial charge is 0.465 e. The summed E-state index contributed by atoms with van der Waals surface area (Å²) in [5.74, 6) is -3.26. The minimum atomic E-state index is -1.74. The molecule has 0 radical (unpaired) electrons. The second-order valence-electron chi connectivity index (χ2n) is 5.19. The topological polar surface area (TPSA) is 111 Å². The summed E-state index contributed by atoms with van der Waals surface area (Å²) in [6.07, 6.45) is 1.86. The fourth-order valence-electron chi connectivity index (χ4n) is 1.85. The number of carbonyl (C=O) groups excluding carboxylic acids is 4. The van der Waals surface area contributed by atoms with Crippen molar-refractivity contribution in [3.05, 3.63) is 12.2 Å². The molecule has 7 heteroatoms. The van der Waals surface area contributed by atoms with Crippen molar-refractivity contribution in [2.45, 2.75) is 40.5 Å². The van der Waals surface area contributed by atoms with Crippen molar-refractivity contribution in [1.82, 2.24) is 0 Å². The van der Waals surface area contributed by atoms with Gasteiger partial charge in [0.05, 0.1) is 19.3 Å². The summed E-state index contributed by atoms with van der Waals surface area (Å²) < 4.78 is 9.66. The van der Waals surface area contributed by atoms with Gasteiger partial charge in [0.2, 0.25) is 0 Å². The Balaban J connectivity index is 5.24. The van der Waals surface area contributed by atoms with Crippen LogP contribution in [0.3, 0.4) is 0 Å². The summed E-state index contributed by atoms with van der Waals surface area (Å²) in [6.45, 7) is 6.11. The quantitative estimate of drug-likeness (QED) is 0.339. The zero-order chi connectivity index (χ0) is 18.8. The van der Waals surface area contributed by atoms with Crippen LogP contribution < -0.4 is 0 Å². The number of allylic oxidation sites excluding steroid dienone is 1. The van der Waals surface area contributed by atoms with E-state index in [0.717, 1.165) is 12.2 Å². The van der Waals surface area contributed by atoms with Gasteiger partial charge in [-0.15, -0.1) is 0 Å². The van der Waals surface area contributed by atoms with Crippen LogP contribution in [0.1, 0.15) is 40.5 Å². The van der Waals surface area contributed by atoms with E-state index in [9.17, 15) is 24.4 Å². The van der Waals surface area contributed by atoms with E-state index in [1.54, 1.807) is 13.8 Å². The Kier molecular flexibility index (Phi) is 9.25. The number of hydrogen-bond acceptors (Lipinski definition) is 7. The normalized spacial score (nSPS) is 14.3. The molecule has 0 aliphatic heterocycles. The molecule has 0 fully saturated rings. The van der Waals surface area contributed by atoms with Crippen LogP contribution in [0.2, 0.25) is 0 Å². The van der Waals surface area contributed by atoms with Gasteiger partial charge in [0.1, 0.15) is 11.7 Å². The van der Waals surface area contributed by atoms with Crippen molar-refractivity contribution in [2.75, 3.05) is 13.2 Å². The molecule has 0 saturated carbocycles. The molecule has 0 spiro atoms. The van der Waals surface area contributed by atoms with E-state index >= 15 is 0 Å². The van der Waals surface area contributed by atoms with Crippen LogP contribution >= 0.6 is 0 Å². The van der Waals surface area contributed by atoms with E-state index < -0.39 is 29.1 Å². The first kappa shape index (κ1) is 21.5. The maximum atomic E-state index is 12.1. The van der Waals surface area contributed by atoms with Gasteiger partial charge in [-0.05, 0) is 46.3 Å². The second-order valence-corrected chi connectivity index (χ2v) is 5.19. The Labute approximate surface area is 141 Å². The maximum absolute atomic E-state index is 12.1. The van der Waals surface area contributed by atoms with Crippen LogP contribution in [0.5, 0.6) is 0 Å². The molecule has 0 saturated heterocycles. The fraction of sp³-hybridized carbons (Fsp3) is 0.588. The van der Waals surface area contributed by atoms with E-state index in [2.05, 4.69) is 0 Å². The SMILES string of the molecule is CCOC(=O)C(C)C(=O)CCC(C#N)(/C=C/C(C)=O)C(=O)OCC. The van der Waals surface area contributed by atoms with Gasteiger partial charge in [0, 0.05) is 6.42 Å². The molecule has 0 heterocycles. The molecule has 24 heavy (non-hydrogen) atoms. The molecular formula is C17H23NO6. The third-order valence-corrected chi connectivity index (χ3v) is 3.33. The van der Waals surface area contributed by atoms with Gasteiger partial charge in [-0.25, -0.2) is 4.79 Å². The number of esters is 2. The van der Waals surface area contributed by atoms with Crippen LogP contribution in [0.25, 0.3) is 0 Å². The smallest absolute Gasteiger partial charge is 0.330 e. The van der Waals surface area contributed by atoms with Gasteiger partial charge in [0.25, 0.3) is 0 Å². The van der Waals surface area contributed by atoms with Crippen LogP contribution in [0.15, 0.2) is 12.2 Å². The van der Waals surface area contributed by atoms with Crippen LogP contribution in [-0.2, 0) is 28.7 Å². The average molecular weight is 337 g/mol. The van der Waals surface area contributed by atoms with E-state index in [4.69, 9.17) is 9.47 Å². The maximum Gasteiger partial charge on any atom is 0.330 e. The number of Topliss-reactive ketones (excluding diaryl/α,β-unsaturated/α-hetero) is 1. The number of nitrogens with zero attached hydrogens (tertiary/aromatic N) is 1. The lowest BCUT2D eigenvalue weighted by Crippen LogP contribution is -2.32. The van der Waals surface area contributed by atoms with E-state index in [1.807, 2.05) is 6.07 Å². The molecule has 132 valence electrons. The van der Waals surface area contributed by atoms with Gasteiger partial charge < -0.3 is 9.47 Å². The molecule has 0 aromatic carbocycles. The summed E-state index contributed by atoms with van der Waals surface area (Å²) in [4.78, 5) is 46.9. The Bertz CT molecular complexity index is 560. The number of rotatable bonds is 10. The molecular weight excluding hydrogens is 314 g/mol. The highest BCUT2D eigenvalue weighted by Crippen LogP contribution is 2.28. The van der Waals surface area contributed by atoms with Gasteiger partial charge in [-0.3, -0.25) is 14.4 Å². The zero-order valence-electron chi connectivity index (χ0n) is 14.5. The monoisotopic (exact) mass is 337 g/mol. The molecule has 0 bridgehead atoms. The lowest BCUT2D eigenvalue weighted by Gasteiger charge is -2.21. The lowest BCUT2D eigenvalue weighted by atomic mass is 9.82. The second kappa shape index (κ2) is 10.3. The minimum Gasteiger partial charge on any atom is -0.465 e. The number of carbonyl (C=O) groups is 4. The molecule has 0 N–H and O–H groups in total. The first-order valence-corrected chi connectivity index (χ1v) is 7.71. The summed E-state index contributed by atoms with van der Waals surface area (Å²) in [5, 5.41) is 9.42. The standard InChI is InChI=1S/C17H23NO6/c1-5-23-15(21)13(4)14(20)8-10-17(11-18,9-7-12(3)19)16(22)24-6-2/h7,9,13H,5-6,8,10H2,1-4H3/b9-7+. The molecule has 0 aliphatic rings. The lowest BCUT2D eigenvalue weighted by molar-refractivity contribution is -0.151. The van der Waals surface area contributed by atoms with Crippen LogP contribution in [-0.4, -0.2) is 36.7 Å². The summed E-state index contributed by atoms with van der Waals surface area (Å²) in [5.41, 5.74) is -1.74. The minimum absolute atomic E-state index is 0.0589. The molecule has 0 rings (SSSR count). The highest BCUT2D eigenvalue weighted by atomic mass is 16.5. The van der Waals surface area contributed by atoms with E-state index in [1.165, 1.54) is 13.8 Å². The van der Waals surface area contributed by atoms with Gasteiger partial charge in [-0.1, -0.05) is 0 Å². The predicted octanol–water partition coefficient (Wildman–Crippen LogP) is 1.75. The molecule has 2 atom stereocenters. The first-order valence-electron chi connectivity index (χ1n) is 7.71. The first-order chi connectivity index (χ1) is 11.2. The zero-order valence-corrected chi connectivity index (χ0v) is 14.5. The molecule has 7 nitrogen and oxygen atoms in total. The van der Waals surface area contributed by atoms with Gasteiger partial charge in [0.15, 0.2) is 11.2 Å². The fourth-order valence-corrected chi connectivity index (χ4v) is 1.85. The molecule has 0 aromatic heterocycles. The van der Waals surface area contributed by atoms with Crippen molar-refractivity contribution >= 4 is 23.5 Å². The molecule has 2 unspecified atom stereocenters. The molecule has 0 aliphatic carbocycles. The third kappa shape index (κ3) is 6.32. The highest BCUT2D eigenvalue weighted by Gasteiger charge is 2.39. The van der Waals surface area contributed by atoms with Crippen molar-refractivity contribution in [2.24, 2.45) is 11.3 Å². The number of ether oxygens (including phenoxy) is 2.